The Morgan fingerprint density at radius 1 is 1.17 bits per heavy atom. The Bertz CT molecular complexity index is 1040. The Labute approximate surface area is 171 Å². The summed E-state index contributed by atoms with van der Waals surface area (Å²) in [4.78, 5) is 14.7. The molecular formula is C22H26N2O4S. The monoisotopic (exact) mass is 414 g/mol. The lowest BCUT2D eigenvalue weighted by Crippen LogP contribution is -2.34. The summed E-state index contributed by atoms with van der Waals surface area (Å²) in [6.45, 7) is 7.11. The Hall–Kier alpha value is -2.54. The number of hydrogen-bond acceptors (Lipinski definition) is 4. The van der Waals surface area contributed by atoms with E-state index in [0.29, 0.717) is 24.6 Å². The standard InChI is InChI=1S/C22H26N2O4S/c1-4-28-17-9-7-16(8-10-17)23-29(26,27)18-11-12-20-19(13-18)22(2,3)14-24(20)21(25)15-5-6-15/h7-13,15,23H,4-6,14H2,1-3H3. The van der Waals surface area contributed by atoms with Gasteiger partial charge in [0.25, 0.3) is 10.0 Å². The molecule has 4 rings (SSSR count). The second kappa shape index (κ2) is 7.06. The number of nitrogens with zero attached hydrogens (tertiary/aromatic N) is 1. The fourth-order valence-electron chi connectivity index (χ4n) is 3.77. The lowest BCUT2D eigenvalue weighted by molar-refractivity contribution is -0.119. The molecule has 0 spiro atoms. The van der Waals surface area contributed by atoms with Gasteiger partial charge in [-0.3, -0.25) is 9.52 Å². The van der Waals surface area contributed by atoms with Crippen LogP contribution in [0.25, 0.3) is 0 Å². The Morgan fingerprint density at radius 2 is 1.86 bits per heavy atom. The van der Waals surface area contributed by atoms with E-state index in [-0.39, 0.29) is 22.1 Å². The number of benzene rings is 2. The van der Waals surface area contributed by atoms with Crippen LogP contribution in [0.5, 0.6) is 5.75 Å². The molecule has 154 valence electrons. The third kappa shape index (κ3) is 3.83. The first kappa shape index (κ1) is 19.8. The number of ether oxygens (including phenoxy) is 1. The van der Waals surface area contributed by atoms with E-state index in [1.54, 1.807) is 42.5 Å². The molecule has 0 saturated heterocycles. The molecule has 6 nitrogen and oxygen atoms in total. The maximum atomic E-state index is 12.9. The molecule has 1 fully saturated rings. The summed E-state index contributed by atoms with van der Waals surface area (Å²) < 4.78 is 33.9. The third-order valence-electron chi connectivity index (χ3n) is 5.46. The van der Waals surface area contributed by atoms with Crippen LogP contribution in [0.3, 0.4) is 0 Å². The van der Waals surface area contributed by atoms with Gasteiger partial charge in [0.2, 0.25) is 5.91 Å². The molecule has 1 saturated carbocycles. The van der Waals surface area contributed by atoms with Gasteiger partial charge in [0.15, 0.2) is 0 Å². The molecule has 29 heavy (non-hydrogen) atoms. The second-order valence-electron chi connectivity index (χ2n) is 8.32. The number of amides is 1. The average Bonchev–Trinajstić information content (AvgIpc) is 3.48. The molecule has 1 heterocycles. The summed E-state index contributed by atoms with van der Waals surface area (Å²) in [6.07, 6.45) is 1.90. The molecule has 1 amide bonds. The van der Waals surface area contributed by atoms with Crippen molar-refractivity contribution < 1.29 is 17.9 Å². The maximum absolute atomic E-state index is 12.9. The van der Waals surface area contributed by atoms with Crippen LogP contribution in [0.15, 0.2) is 47.4 Å². The van der Waals surface area contributed by atoms with Crippen LogP contribution < -0.4 is 14.4 Å². The number of carbonyl (C=O) groups excluding carboxylic acids is 1. The molecule has 0 bridgehead atoms. The first-order valence-corrected chi connectivity index (χ1v) is 11.4. The lowest BCUT2D eigenvalue weighted by atomic mass is 9.87. The predicted octanol–water partition coefficient (Wildman–Crippen LogP) is 3.92. The van der Waals surface area contributed by atoms with Crippen molar-refractivity contribution in [3.63, 3.8) is 0 Å². The van der Waals surface area contributed by atoms with Crippen LogP contribution in [0.1, 0.15) is 39.2 Å². The fraction of sp³-hybridized carbons (Fsp3) is 0.409. The van der Waals surface area contributed by atoms with Gasteiger partial charge in [-0.05, 0) is 67.8 Å². The molecule has 1 N–H and O–H groups in total. The maximum Gasteiger partial charge on any atom is 0.261 e. The first-order valence-electron chi connectivity index (χ1n) is 9.93. The molecule has 0 atom stereocenters. The van der Waals surface area contributed by atoms with Gasteiger partial charge in [-0.1, -0.05) is 13.8 Å². The van der Waals surface area contributed by atoms with E-state index in [0.717, 1.165) is 24.1 Å². The Morgan fingerprint density at radius 3 is 2.48 bits per heavy atom. The number of sulfonamides is 1. The predicted molar refractivity (Wildman–Crippen MR) is 113 cm³/mol. The van der Waals surface area contributed by atoms with E-state index in [1.165, 1.54) is 0 Å². The fourth-order valence-corrected chi connectivity index (χ4v) is 4.86. The Balaban J connectivity index is 1.61. The average molecular weight is 415 g/mol. The minimum atomic E-state index is -3.75. The third-order valence-corrected chi connectivity index (χ3v) is 6.84. The second-order valence-corrected chi connectivity index (χ2v) is 10.0. The van der Waals surface area contributed by atoms with Crippen molar-refractivity contribution in [3.8, 4) is 5.75 Å². The number of rotatable bonds is 6. The number of nitrogens with one attached hydrogen (secondary N) is 1. The largest absolute Gasteiger partial charge is 0.494 e. The molecule has 2 aromatic rings. The molecule has 1 aliphatic heterocycles. The van der Waals surface area contributed by atoms with E-state index in [2.05, 4.69) is 4.72 Å². The smallest absolute Gasteiger partial charge is 0.261 e. The zero-order valence-electron chi connectivity index (χ0n) is 16.9. The van der Waals surface area contributed by atoms with Gasteiger partial charge in [-0.25, -0.2) is 8.42 Å². The van der Waals surface area contributed by atoms with Crippen molar-refractivity contribution in [1.29, 1.82) is 0 Å². The van der Waals surface area contributed by atoms with E-state index in [9.17, 15) is 13.2 Å². The SMILES string of the molecule is CCOc1ccc(NS(=O)(=O)c2ccc3c(c2)C(C)(C)CN3C(=O)C2CC2)cc1. The highest BCUT2D eigenvalue weighted by molar-refractivity contribution is 7.92. The van der Waals surface area contributed by atoms with Gasteiger partial charge in [0.05, 0.1) is 11.5 Å². The summed E-state index contributed by atoms with van der Waals surface area (Å²) in [5, 5.41) is 0. The lowest BCUT2D eigenvalue weighted by Gasteiger charge is -2.20. The van der Waals surface area contributed by atoms with Crippen LogP contribution in [0, 0.1) is 5.92 Å². The zero-order chi connectivity index (χ0) is 20.8. The van der Waals surface area contributed by atoms with E-state index in [1.807, 2.05) is 25.7 Å². The van der Waals surface area contributed by atoms with Crippen LogP contribution in [0.2, 0.25) is 0 Å². The van der Waals surface area contributed by atoms with Gasteiger partial charge < -0.3 is 9.64 Å². The van der Waals surface area contributed by atoms with Crippen LogP contribution in [-0.2, 0) is 20.2 Å². The van der Waals surface area contributed by atoms with Gasteiger partial charge >= 0.3 is 0 Å². The summed E-state index contributed by atoms with van der Waals surface area (Å²) >= 11 is 0. The molecule has 0 unspecified atom stereocenters. The number of carbonyl (C=O) groups is 1. The van der Waals surface area contributed by atoms with E-state index < -0.39 is 10.0 Å². The van der Waals surface area contributed by atoms with Gasteiger partial charge in [0, 0.05) is 29.3 Å². The van der Waals surface area contributed by atoms with Crippen molar-refractivity contribution in [2.75, 3.05) is 22.8 Å². The number of fused-ring (bicyclic) bond motifs is 1. The van der Waals surface area contributed by atoms with E-state index in [4.69, 9.17) is 4.74 Å². The van der Waals surface area contributed by atoms with Crippen LogP contribution in [-0.4, -0.2) is 27.5 Å². The Kier molecular flexibility index (Phi) is 4.81. The quantitative estimate of drug-likeness (QED) is 0.777. The first-order chi connectivity index (χ1) is 13.7. The van der Waals surface area contributed by atoms with Gasteiger partial charge in [-0.15, -0.1) is 0 Å². The topological polar surface area (TPSA) is 75.7 Å². The van der Waals surface area contributed by atoms with Crippen molar-refractivity contribution in [2.24, 2.45) is 5.92 Å². The van der Waals surface area contributed by atoms with Gasteiger partial charge in [0.1, 0.15) is 5.75 Å². The molecule has 1 aliphatic carbocycles. The highest BCUT2D eigenvalue weighted by atomic mass is 32.2. The molecule has 0 aromatic heterocycles. The molecular weight excluding hydrogens is 388 g/mol. The summed E-state index contributed by atoms with van der Waals surface area (Å²) in [7, 11) is -3.75. The minimum absolute atomic E-state index is 0.126. The summed E-state index contributed by atoms with van der Waals surface area (Å²) in [5.74, 6) is 0.969. The highest BCUT2D eigenvalue weighted by Gasteiger charge is 2.43. The zero-order valence-corrected chi connectivity index (χ0v) is 17.8. The highest BCUT2D eigenvalue weighted by Crippen LogP contribution is 2.44. The van der Waals surface area contributed by atoms with Crippen LogP contribution in [0.4, 0.5) is 11.4 Å². The van der Waals surface area contributed by atoms with Gasteiger partial charge in [-0.2, -0.15) is 0 Å². The molecule has 0 radical (unpaired) electrons. The van der Waals surface area contributed by atoms with Crippen molar-refractivity contribution in [3.05, 3.63) is 48.0 Å². The summed E-state index contributed by atoms with van der Waals surface area (Å²) in [6, 6.07) is 11.8. The number of anilines is 2. The van der Waals surface area contributed by atoms with Crippen LogP contribution >= 0.6 is 0 Å². The molecule has 2 aromatic carbocycles. The number of hydrogen-bond donors (Lipinski definition) is 1. The molecule has 2 aliphatic rings. The van der Waals surface area contributed by atoms with E-state index >= 15 is 0 Å². The molecule has 7 heteroatoms. The van der Waals surface area contributed by atoms with Crippen molar-refractivity contribution in [1.82, 2.24) is 0 Å². The normalized spacial score (nSPS) is 17.7. The minimum Gasteiger partial charge on any atom is -0.494 e. The summed E-state index contributed by atoms with van der Waals surface area (Å²) in [5.41, 5.74) is 1.89. The van der Waals surface area contributed by atoms with Crippen molar-refractivity contribution in [2.45, 2.75) is 43.9 Å². The van der Waals surface area contributed by atoms with Crippen molar-refractivity contribution >= 4 is 27.3 Å².